The van der Waals surface area contributed by atoms with Crippen molar-refractivity contribution in [3.05, 3.63) is 78.4 Å². The molecule has 0 amide bonds. The first-order valence-corrected chi connectivity index (χ1v) is 9.86. The molecule has 26 heavy (non-hydrogen) atoms. The van der Waals surface area contributed by atoms with Crippen molar-refractivity contribution >= 4 is 27.3 Å². The highest BCUT2D eigenvalue weighted by Gasteiger charge is 2.13. The standard InChI is InChI=1S/C19H20N4O2S/c1-23(17-10-6-3-7-11-17)19-13-12-18(20-21-19)22-26(24,25)15-14-16-8-4-2-5-9-16/h2-13H,14-15H2,1H3,(H,20,22). The fourth-order valence-electron chi connectivity index (χ4n) is 2.45. The van der Waals surface area contributed by atoms with Gasteiger partial charge in [-0.15, -0.1) is 10.2 Å². The first kappa shape index (κ1) is 17.9. The average molecular weight is 368 g/mol. The van der Waals surface area contributed by atoms with E-state index >= 15 is 0 Å². The summed E-state index contributed by atoms with van der Waals surface area (Å²) < 4.78 is 26.9. The molecule has 0 aliphatic carbocycles. The number of rotatable bonds is 7. The number of anilines is 3. The van der Waals surface area contributed by atoms with Crippen LogP contribution in [0.25, 0.3) is 0 Å². The van der Waals surface area contributed by atoms with Gasteiger partial charge in [-0.05, 0) is 36.2 Å². The summed E-state index contributed by atoms with van der Waals surface area (Å²) in [6.45, 7) is 0. The highest BCUT2D eigenvalue weighted by molar-refractivity contribution is 7.92. The molecule has 1 heterocycles. The minimum absolute atomic E-state index is 0.00956. The van der Waals surface area contributed by atoms with E-state index in [2.05, 4.69) is 14.9 Å². The normalized spacial score (nSPS) is 11.1. The average Bonchev–Trinajstić information content (AvgIpc) is 2.68. The quantitative estimate of drug-likeness (QED) is 0.693. The van der Waals surface area contributed by atoms with Crippen LogP contribution in [0.3, 0.4) is 0 Å². The zero-order valence-electron chi connectivity index (χ0n) is 14.4. The van der Waals surface area contributed by atoms with Gasteiger partial charge in [-0.1, -0.05) is 48.5 Å². The molecule has 0 saturated carbocycles. The van der Waals surface area contributed by atoms with E-state index in [-0.39, 0.29) is 11.6 Å². The van der Waals surface area contributed by atoms with Crippen LogP contribution in [0, 0.1) is 0 Å². The monoisotopic (exact) mass is 368 g/mol. The van der Waals surface area contributed by atoms with Gasteiger partial charge in [0.1, 0.15) is 0 Å². The highest BCUT2D eigenvalue weighted by Crippen LogP contribution is 2.21. The molecule has 2 aromatic carbocycles. The number of benzene rings is 2. The summed E-state index contributed by atoms with van der Waals surface area (Å²) in [5, 5.41) is 8.09. The van der Waals surface area contributed by atoms with Gasteiger partial charge >= 0.3 is 0 Å². The van der Waals surface area contributed by atoms with Crippen LogP contribution >= 0.6 is 0 Å². The number of nitrogens with zero attached hydrogens (tertiary/aromatic N) is 3. The Hall–Kier alpha value is -2.93. The lowest BCUT2D eigenvalue weighted by Crippen LogP contribution is -2.19. The van der Waals surface area contributed by atoms with E-state index in [0.29, 0.717) is 12.2 Å². The smallest absolute Gasteiger partial charge is 0.234 e. The summed E-state index contributed by atoms with van der Waals surface area (Å²) in [4.78, 5) is 1.88. The van der Waals surface area contributed by atoms with Gasteiger partial charge in [0.15, 0.2) is 11.6 Å². The molecule has 6 nitrogen and oxygen atoms in total. The summed E-state index contributed by atoms with van der Waals surface area (Å²) in [6.07, 6.45) is 0.443. The topological polar surface area (TPSA) is 75.2 Å². The van der Waals surface area contributed by atoms with Crippen molar-refractivity contribution in [1.82, 2.24) is 10.2 Å². The zero-order valence-corrected chi connectivity index (χ0v) is 15.2. The van der Waals surface area contributed by atoms with Crippen LogP contribution in [-0.4, -0.2) is 31.4 Å². The van der Waals surface area contributed by atoms with Crippen molar-refractivity contribution in [2.24, 2.45) is 0 Å². The fraction of sp³-hybridized carbons (Fsp3) is 0.158. The lowest BCUT2D eigenvalue weighted by atomic mass is 10.2. The van der Waals surface area contributed by atoms with E-state index in [0.717, 1.165) is 11.3 Å². The highest BCUT2D eigenvalue weighted by atomic mass is 32.2. The fourth-order valence-corrected chi connectivity index (χ4v) is 3.48. The third kappa shape index (κ3) is 4.80. The summed E-state index contributed by atoms with van der Waals surface area (Å²) >= 11 is 0. The van der Waals surface area contributed by atoms with Crippen LogP contribution in [0.4, 0.5) is 17.3 Å². The largest absolute Gasteiger partial charge is 0.328 e. The molecule has 0 spiro atoms. The molecule has 0 bridgehead atoms. The Labute approximate surface area is 153 Å². The third-order valence-electron chi connectivity index (χ3n) is 3.90. The second-order valence-electron chi connectivity index (χ2n) is 5.83. The van der Waals surface area contributed by atoms with Gasteiger partial charge in [-0.2, -0.15) is 0 Å². The maximum Gasteiger partial charge on any atom is 0.234 e. The van der Waals surface area contributed by atoms with Crippen molar-refractivity contribution < 1.29 is 8.42 Å². The van der Waals surface area contributed by atoms with Crippen LogP contribution in [0.1, 0.15) is 5.56 Å². The number of aryl methyl sites for hydroxylation is 1. The second-order valence-corrected chi connectivity index (χ2v) is 7.67. The molecule has 1 aromatic heterocycles. The molecule has 0 fully saturated rings. The van der Waals surface area contributed by atoms with Crippen molar-refractivity contribution in [3.63, 3.8) is 0 Å². The van der Waals surface area contributed by atoms with Crippen LogP contribution in [0.5, 0.6) is 0 Å². The van der Waals surface area contributed by atoms with Crippen molar-refractivity contribution in [3.8, 4) is 0 Å². The third-order valence-corrected chi connectivity index (χ3v) is 5.16. The molecule has 0 unspecified atom stereocenters. The summed E-state index contributed by atoms with van der Waals surface area (Å²) in [5.41, 5.74) is 1.95. The van der Waals surface area contributed by atoms with Crippen LogP contribution in [-0.2, 0) is 16.4 Å². The Morgan fingerprint density at radius 2 is 1.54 bits per heavy atom. The molecule has 0 atom stereocenters. The number of nitrogens with one attached hydrogen (secondary N) is 1. The van der Waals surface area contributed by atoms with Gasteiger partial charge in [-0.3, -0.25) is 4.72 Å². The molecule has 3 rings (SSSR count). The van der Waals surface area contributed by atoms with Crippen molar-refractivity contribution in [2.75, 3.05) is 22.4 Å². The van der Waals surface area contributed by atoms with Crippen LogP contribution < -0.4 is 9.62 Å². The summed E-state index contributed by atoms with van der Waals surface area (Å²) in [5.74, 6) is 0.830. The maximum absolute atomic E-state index is 12.2. The maximum atomic E-state index is 12.2. The SMILES string of the molecule is CN(c1ccccc1)c1ccc(NS(=O)(=O)CCc2ccccc2)nn1. The number of sulfonamides is 1. The van der Waals surface area contributed by atoms with Gasteiger partial charge in [0.05, 0.1) is 5.75 Å². The van der Waals surface area contributed by atoms with E-state index in [1.165, 1.54) is 0 Å². The molecule has 1 N–H and O–H groups in total. The zero-order chi connectivity index (χ0) is 18.4. The first-order valence-electron chi connectivity index (χ1n) is 8.20. The van der Waals surface area contributed by atoms with E-state index in [1.54, 1.807) is 12.1 Å². The molecule has 7 heteroatoms. The van der Waals surface area contributed by atoms with Crippen molar-refractivity contribution in [2.45, 2.75) is 6.42 Å². The molecule has 0 aliphatic rings. The van der Waals surface area contributed by atoms with Gasteiger partial charge < -0.3 is 4.90 Å². The number of aromatic nitrogens is 2. The number of hydrogen-bond acceptors (Lipinski definition) is 5. The van der Waals surface area contributed by atoms with E-state index in [1.807, 2.05) is 72.6 Å². The van der Waals surface area contributed by atoms with E-state index < -0.39 is 10.0 Å². The van der Waals surface area contributed by atoms with E-state index in [4.69, 9.17) is 0 Å². The van der Waals surface area contributed by atoms with Gasteiger partial charge in [0, 0.05) is 12.7 Å². The number of hydrogen-bond donors (Lipinski definition) is 1. The van der Waals surface area contributed by atoms with Crippen LogP contribution in [0.2, 0.25) is 0 Å². The Balaban J connectivity index is 1.63. The lowest BCUT2D eigenvalue weighted by Gasteiger charge is -2.17. The summed E-state index contributed by atoms with van der Waals surface area (Å²) in [6, 6.07) is 22.6. The minimum Gasteiger partial charge on any atom is -0.328 e. The van der Waals surface area contributed by atoms with Crippen LogP contribution in [0.15, 0.2) is 72.8 Å². The molecule has 3 aromatic rings. The molecule has 0 radical (unpaired) electrons. The Morgan fingerprint density at radius 3 is 2.15 bits per heavy atom. The second kappa shape index (κ2) is 7.97. The molecule has 134 valence electrons. The molecular formula is C19H20N4O2S. The number of para-hydroxylation sites is 1. The Bertz CT molecular complexity index is 930. The van der Waals surface area contributed by atoms with Gasteiger partial charge in [-0.25, -0.2) is 8.42 Å². The summed E-state index contributed by atoms with van der Waals surface area (Å²) in [7, 11) is -1.61. The predicted molar refractivity (Wildman–Crippen MR) is 104 cm³/mol. The van der Waals surface area contributed by atoms with Gasteiger partial charge in [0.25, 0.3) is 0 Å². The molecular weight excluding hydrogens is 348 g/mol. The Kier molecular flexibility index (Phi) is 5.48. The van der Waals surface area contributed by atoms with Crippen molar-refractivity contribution in [1.29, 1.82) is 0 Å². The first-order chi connectivity index (χ1) is 12.5. The molecule has 0 aliphatic heterocycles. The Morgan fingerprint density at radius 1 is 0.885 bits per heavy atom. The molecule has 0 saturated heterocycles. The van der Waals surface area contributed by atoms with Gasteiger partial charge in [0.2, 0.25) is 10.0 Å². The minimum atomic E-state index is -3.48. The lowest BCUT2D eigenvalue weighted by molar-refractivity contribution is 0.600. The predicted octanol–water partition coefficient (Wildman–Crippen LogP) is 3.23. The van der Waals surface area contributed by atoms with E-state index in [9.17, 15) is 8.42 Å².